The van der Waals surface area contributed by atoms with Crippen molar-refractivity contribution in [2.75, 3.05) is 17.7 Å². The van der Waals surface area contributed by atoms with Gasteiger partial charge >= 0.3 is 0 Å². The van der Waals surface area contributed by atoms with Crippen LogP contribution in [0, 0.1) is 5.92 Å². The Morgan fingerprint density at radius 1 is 1.38 bits per heavy atom. The Bertz CT molecular complexity index is 343. The smallest absolute Gasteiger partial charge is 0.0549 e. The normalized spacial score (nSPS) is 25.3. The molecule has 2 atom stereocenters. The van der Waals surface area contributed by atoms with Gasteiger partial charge in [-0.2, -0.15) is 0 Å². The molecular weight excluding hydrogens is 202 g/mol. The van der Waals surface area contributed by atoms with Gasteiger partial charge in [-0.1, -0.05) is 12.8 Å². The van der Waals surface area contributed by atoms with E-state index in [2.05, 4.69) is 10.3 Å². The van der Waals surface area contributed by atoms with Crippen LogP contribution in [0.15, 0.2) is 18.5 Å². The largest absolute Gasteiger partial charge is 0.397 e. The molecule has 4 N–H and O–H groups in total. The summed E-state index contributed by atoms with van der Waals surface area (Å²) in [7, 11) is 0. The molecule has 2 rings (SSSR count). The predicted octanol–water partition coefficient (Wildman–Crippen LogP) is 1.63. The molecule has 2 unspecified atom stereocenters. The van der Waals surface area contributed by atoms with Crippen LogP contribution in [0.1, 0.15) is 25.7 Å². The van der Waals surface area contributed by atoms with Crippen molar-refractivity contribution in [2.45, 2.75) is 31.7 Å². The summed E-state index contributed by atoms with van der Waals surface area (Å²) in [5.74, 6) is 0.357. The average Bonchev–Trinajstić information content (AvgIpc) is 2.30. The van der Waals surface area contributed by atoms with Gasteiger partial charge in [0.25, 0.3) is 0 Å². The third-order valence-electron chi connectivity index (χ3n) is 3.26. The average molecular weight is 221 g/mol. The number of aromatic nitrogens is 1. The number of aliphatic hydroxyl groups is 1. The number of rotatable bonds is 3. The van der Waals surface area contributed by atoms with Gasteiger partial charge in [-0.25, -0.2) is 0 Å². The fraction of sp³-hybridized carbons (Fsp3) is 0.583. The number of anilines is 2. The molecule has 4 nitrogen and oxygen atoms in total. The van der Waals surface area contributed by atoms with E-state index in [1.54, 1.807) is 12.4 Å². The number of pyridine rings is 1. The molecular formula is C12H19N3O. The molecule has 1 aromatic rings. The molecule has 1 saturated carbocycles. The summed E-state index contributed by atoms with van der Waals surface area (Å²) in [6, 6.07) is 2.23. The zero-order valence-electron chi connectivity index (χ0n) is 9.39. The van der Waals surface area contributed by atoms with Crippen LogP contribution in [-0.4, -0.2) is 22.7 Å². The van der Waals surface area contributed by atoms with Crippen LogP contribution in [0.4, 0.5) is 11.4 Å². The van der Waals surface area contributed by atoms with Crippen molar-refractivity contribution in [3.05, 3.63) is 18.5 Å². The molecule has 1 aliphatic carbocycles. The summed E-state index contributed by atoms with van der Waals surface area (Å²) in [6.07, 6.45) is 8.07. The van der Waals surface area contributed by atoms with Crippen LogP contribution in [0.25, 0.3) is 0 Å². The van der Waals surface area contributed by atoms with Gasteiger partial charge in [-0.3, -0.25) is 4.98 Å². The van der Waals surface area contributed by atoms with Gasteiger partial charge in [0, 0.05) is 24.8 Å². The fourth-order valence-electron chi connectivity index (χ4n) is 2.37. The number of nitrogens with two attached hydrogens (primary N) is 1. The molecule has 4 heteroatoms. The van der Waals surface area contributed by atoms with Crippen molar-refractivity contribution in [3.63, 3.8) is 0 Å². The second-order valence-corrected chi connectivity index (χ2v) is 4.48. The van der Waals surface area contributed by atoms with E-state index >= 15 is 0 Å². The van der Waals surface area contributed by atoms with Crippen LogP contribution < -0.4 is 11.1 Å². The van der Waals surface area contributed by atoms with Gasteiger partial charge in [0.1, 0.15) is 0 Å². The van der Waals surface area contributed by atoms with Crippen LogP contribution in [-0.2, 0) is 0 Å². The van der Waals surface area contributed by atoms with Crippen molar-refractivity contribution in [1.82, 2.24) is 4.98 Å². The summed E-state index contributed by atoms with van der Waals surface area (Å²) >= 11 is 0. The Hall–Kier alpha value is -1.29. The highest BCUT2D eigenvalue weighted by Crippen LogP contribution is 2.27. The molecule has 1 aliphatic rings. The van der Waals surface area contributed by atoms with Gasteiger partial charge in [0.15, 0.2) is 0 Å². The van der Waals surface area contributed by atoms with Crippen molar-refractivity contribution >= 4 is 11.4 Å². The van der Waals surface area contributed by atoms with Crippen molar-refractivity contribution in [3.8, 4) is 0 Å². The maximum Gasteiger partial charge on any atom is 0.0549 e. The first-order valence-electron chi connectivity index (χ1n) is 5.87. The predicted molar refractivity (Wildman–Crippen MR) is 65.1 cm³/mol. The Balaban J connectivity index is 2.02. The number of nitrogen functional groups attached to an aromatic ring is 1. The summed E-state index contributed by atoms with van der Waals surface area (Å²) < 4.78 is 0. The van der Waals surface area contributed by atoms with E-state index in [0.29, 0.717) is 17.6 Å². The van der Waals surface area contributed by atoms with Crippen LogP contribution >= 0.6 is 0 Å². The second kappa shape index (κ2) is 5.16. The molecule has 1 aromatic heterocycles. The van der Waals surface area contributed by atoms with E-state index in [1.165, 1.54) is 12.8 Å². The van der Waals surface area contributed by atoms with Crippen LogP contribution in [0.2, 0.25) is 0 Å². The lowest BCUT2D eigenvalue weighted by Crippen LogP contribution is -2.34. The van der Waals surface area contributed by atoms with E-state index in [-0.39, 0.29) is 6.61 Å². The second-order valence-electron chi connectivity index (χ2n) is 4.48. The Kier molecular flexibility index (Phi) is 3.62. The maximum atomic E-state index is 9.31. The number of nitrogens with one attached hydrogen (secondary N) is 1. The third kappa shape index (κ3) is 2.64. The van der Waals surface area contributed by atoms with Gasteiger partial charge in [-0.15, -0.1) is 0 Å². The topological polar surface area (TPSA) is 71.2 Å². The standard InChI is InChI=1S/C12H19N3O/c13-10-5-11(7-14-6-10)15-12-4-2-1-3-9(12)8-16/h5-7,9,12,15-16H,1-4,8,13H2. The van der Waals surface area contributed by atoms with E-state index in [1.807, 2.05) is 6.07 Å². The quantitative estimate of drug-likeness (QED) is 0.725. The molecule has 0 aromatic carbocycles. The lowest BCUT2D eigenvalue weighted by Gasteiger charge is -2.31. The van der Waals surface area contributed by atoms with Gasteiger partial charge in [0.05, 0.1) is 17.6 Å². The van der Waals surface area contributed by atoms with E-state index in [9.17, 15) is 5.11 Å². The van der Waals surface area contributed by atoms with E-state index < -0.39 is 0 Å². The highest BCUT2D eigenvalue weighted by atomic mass is 16.3. The minimum Gasteiger partial charge on any atom is -0.397 e. The Morgan fingerprint density at radius 3 is 2.94 bits per heavy atom. The van der Waals surface area contributed by atoms with Crippen LogP contribution in [0.5, 0.6) is 0 Å². The van der Waals surface area contributed by atoms with Gasteiger partial charge in [-0.05, 0) is 18.9 Å². The molecule has 0 aliphatic heterocycles. The number of hydrogen-bond donors (Lipinski definition) is 3. The van der Waals surface area contributed by atoms with Crippen molar-refractivity contribution < 1.29 is 5.11 Å². The Morgan fingerprint density at radius 2 is 2.19 bits per heavy atom. The molecule has 0 spiro atoms. The SMILES string of the molecule is Nc1cncc(NC2CCCCC2CO)c1. The zero-order chi connectivity index (χ0) is 11.4. The molecule has 0 bridgehead atoms. The van der Waals surface area contributed by atoms with E-state index in [0.717, 1.165) is 18.5 Å². The molecule has 0 saturated heterocycles. The number of nitrogens with zero attached hydrogens (tertiary/aromatic N) is 1. The minimum atomic E-state index is 0.257. The third-order valence-corrected chi connectivity index (χ3v) is 3.26. The van der Waals surface area contributed by atoms with Crippen molar-refractivity contribution in [2.24, 2.45) is 5.92 Å². The molecule has 1 fully saturated rings. The van der Waals surface area contributed by atoms with Crippen LogP contribution in [0.3, 0.4) is 0 Å². The molecule has 88 valence electrons. The monoisotopic (exact) mass is 221 g/mol. The highest BCUT2D eigenvalue weighted by molar-refractivity contribution is 5.51. The lowest BCUT2D eigenvalue weighted by molar-refractivity contribution is 0.178. The molecule has 16 heavy (non-hydrogen) atoms. The highest BCUT2D eigenvalue weighted by Gasteiger charge is 2.24. The summed E-state index contributed by atoms with van der Waals surface area (Å²) in [5, 5.41) is 12.7. The lowest BCUT2D eigenvalue weighted by atomic mass is 9.85. The van der Waals surface area contributed by atoms with Crippen molar-refractivity contribution in [1.29, 1.82) is 0 Å². The zero-order valence-corrected chi connectivity index (χ0v) is 9.39. The summed E-state index contributed by atoms with van der Waals surface area (Å²) in [6.45, 7) is 0.257. The first kappa shape index (κ1) is 11.2. The number of aliphatic hydroxyl groups excluding tert-OH is 1. The van der Waals surface area contributed by atoms with E-state index in [4.69, 9.17) is 5.73 Å². The first-order valence-corrected chi connectivity index (χ1v) is 5.87. The first-order chi connectivity index (χ1) is 7.79. The number of hydrogen-bond acceptors (Lipinski definition) is 4. The molecule has 1 heterocycles. The maximum absolute atomic E-state index is 9.31. The van der Waals surface area contributed by atoms with Gasteiger partial charge < -0.3 is 16.2 Å². The fourth-order valence-corrected chi connectivity index (χ4v) is 2.37. The molecule has 0 amide bonds. The summed E-state index contributed by atoms with van der Waals surface area (Å²) in [5.41, 5.74) is 7.30. The van der Waals surface area contributed by atoms with Gasteiger partial charge in [0.2, 0.25) is 0 Å². The minimum absolute atomic E-state index is 0.257. The molecule has 0 radical (unpaired) electrons. The summed E-state index contributed by atoms with van der Waals surface area (Å²) in [4.78, 5) is 4.05. The Labute approximate surface area is 95.9 Å².